The third-order valence-electron chi connectivity index (χ3n) is 4.10. The SMILES string of the molecule is CCCCNC(=O)c1ccccc1-c1ncc(-c2ccc(OC)cc2)o1. The van der Waals surface area contributed by atoms with E-state index in [4.69, 9.17) is 9.15 Å². The number of methoxy groups -OCH3 is 1. The first-order valence-corrected chi connectivity index (χ1v) is 8.70. The minimum absolute atomic E-state index is 0.113. The number of oxazole rings is 1. The second-order valence-corrected chi connectivity index (χ2v) is 5.91. The first kappa shape index (κ1) is 17.7. The van der Waals surface area contributed by atoms with Gasteiger partial charge >= 0.3 is 0 Å². The van der Waals surface area contributed by atoms with Crippen LogP contribution in [-0.4, -0.2) is 24.5 Å². The monoisotopic (exact) mass is 350 g/mol. The van der Waals surface area contributed by atoms with Gasteiger partial charge in [0.15, 0.2) is 5.76 Å². The van der Waals surface area contributed by atoms with Gasteiger partial charge in [0.2, 0.25) is 5.89 Å². The van der Waals surface area contributed by atoms with E-state index in [9.17, 15) is 4.79 Å². The molecule has 134 valence electrons. The molecule has 0 unspecified atom stereocenters. The van der Waals surface area contributed by atoms with Gasteiger partial charge < -0.3 is 14.5 Å². The zero-order valence-corrected chi connectivity index (χ0v) is 15.0. The van der Waals surface area contributed by atoms with Gasteiger partial charge in [-0.1, -0.05) is 25.5 Å². The van der Waals surface area contributed by atoms with Crippen LogP contribution in [0.25, 0.3) is 22.8 Å². The van der Waals surface area contributed by atoms with Crippen molar-refractivity contribution in [1.29, 1.82) is 0 Å². The van der Waals surface area contributed by atoms with Crippen LogP contribution in [0.5, 0.6) is 5.75 Å². The first-order valence-electron chi connectivity index (χ1n) is 8.70. The summed E-state index contributed by atoms with van der Waals surface area (Å²) in [6, 6.07) is 14.9. The van der Waals surface area contributed by atoms with Crippen LogP contribution >= 0.6 is 0 Å². The lowest BCUT2D eigenvalue weighted by Gasteiger charge is -2.07. The topological polar surface area (TPSA) is 64.4 Å². The van der Waals surface area contributed by atoms with Gasteiger partial charge in [-0.05, 0) is 42.8 Å². The zero-order valence-electron chi connectivity index (χ0n) is 15.0. The van der Waals surface area contributed by atoms with Crippen LogP contribution in [0.2, 0.25) is 0 Å². The number of nitrogens with zero attached hydrogens (tertiary/aromatic N) is 1. The molecule has 0 spiro atoms. The van der Waals surface area contributed by atoms with Crippen molar-refractivity contribution in [1.82, 2.24) is 10.3 Å². The molecule has 26 heavy (non-hydrogen) atoms. The summed E-state index contributed by atoms with van der Waals surface area (Å²) in [6.45, 7) is 2.75. The lowest BCUT2D eigenvalue weighted by atomic mass is 10.1. The van der Waals surface area contributed by atoms with Crippen LogP contribution in [0.3, 0.4) is 0 Å². The van der Waals surface area contributed by atoms with E-state index in [0.29, 0.717) is 29.3 Å². The maximum atomic E-state index is 12.5. The van der Waals surface area contributed by atoms with Gasteiger partial charge in [-0.2, -0.15) is 0 Å². The number of carbonyl (C=O) groups excluding carboxylic acids is 1. The normalized spacial score (nSPS) is 10.5. The number of amides is 1. The fourth-order valence-electron chi connectivity index (χ4n) is 2.63. The number of benzene rings is 2. The van der Waals surface area contributed by atoms with E-state index in [0.717, 1.165) is 24.2 Å². The number of unbranched alkanes of at least 4 members (excludes halogenated alkanes) is 1. The largest absolute Gasteiger partial charge is 0.497 e. The van der Waals surface area contributed by atoms with Crippen molar-refractivity contribution in [2.75, 3.05) is 13.7 Å². The summed E-state index contributed by atoms with van der Waals surface area (Å²) >= 11 is 0. The maximum absolute atomic E-state index is 12.5. The van der Waals surface area contributed by atoms with Crippen molar-refractivity contribution in [2.24, 2.45) is 0 Å². The molecule has 1 amide bonds. The summed E-state index contributed by atoms with van der Waals surface area (Å²) in [5.41, 5.74) is 2.14. The molecule has 0 saturated carbocycles. The predicted molar refractivity (Wildman–Crippen MR) is 101 cm³/mol. The van der Waals surface area contributed by atoms with Crippen LogP contribution in [0, 0.1) is 0 Å². The van der Waals surface area contributed by atoms with Gasteiger partial charge in [0.25, 0.3) is 5.91 Å². The van der Waals surface area contributed by atoms with E-state index < -0.39 is 0 Å². The summed E-state index contributed by atoms with van der Waals surface area (Å²) in [4.78, 5) is 16.8. The summed E-state index contributed by atoms with van der Waals surface area (Å²) in [5, 5.41) is 2.94. The molecule has 0 aliphatic heterocycles. The fraction of sp³-hybridized carbons (Fsp3) is 0.238. The molecular formula is C21H22N2O3. The van der Waals surface area contributed by atoms with Crippen LogP contribution in [-0.2, 0) is 0 Å². The molecule has 1 N–H and O–H groups in total. The van der Waals surface area contributed by atoms with Crippen LogP contribution in [0.4, 0.5) is 0 Å². The quantitative estimate of drug-likeness (QED) is 0.635. The van der Waals surface area contributed by atoms with Gasteiger partial charge in [0, 0.05) is 17.7 Å². The summed E-state index contributed by atoms with van der Waals surface area (Å²) in [5.74, 6) is 1.74. The zero-order chi connectivity index (χ0) is 18.4. The molecule has 0 aliphatic carbocycles. The van der Waals surface area contributed by atoms with Crippen molar-refractivity contribution >= 4 is 5.91 Å². The Morgan fingerprint density at radius 1 is 1.15 bits per heavy atom. The molecule has 0 aliphatic rings. The Labute approximate surface area is 153 Å². The number of aromatic nitrogens is 1. The number of hydrogen-bond donors (Lipinski definition) is 1. The van der Waals surface area contributed by atoms with Gasteiger partial charge in [-0.25, -0.2) is 4.98 Å². The Morgan fingerprint density at radius 2 is 1.92 bits per heavy atom. The highest BCUT2D eigenvalue weighted by atomic mass is 16.5. The minimum atomic E-state index is -0.113. The smallest absolute Gasteiger partial charge is 0.252 e. The van der Waals surface area contributed by atoms with E-state index in [1.807, 2.05) is 42.5 Å². The highest BCUT2D eigenvalue weighted by Gasteiger charge is 2.16. The summed E-state index contributed by atoms with van der Waals surface area (Å²) in [6.07, 6.45) is 3.66. The Bertz CT molecular complexity index is 869. The molecule has 5 nitrogen and oxygen atoms in total. The molecule has 1 heterocycles. The second kappa shape index (κ2) is 8.34. The number of ether oxygens (including phenoxy) is 1. The van der Waals surface area contributed by atoms with E-state index in [-0.39, 0.29) is 5.91 Å². The third-order valence-corrected chi connectivity index (χ3v) is 4.10. The molecule has 0 fully saturated rings. The molecule has 0 atom stereocenters. The lowest BCUT2D eigenvalue weighted by Crippen LogP contribution is -2.24. The Balaban J connectivity index is 1.86. The van der Waals surface area contributed by atoms with Gasteiger partial charge in [-0.3, -0.25) is 4.79 Å². The average Bonchev–Trinajstić information content (AvgIpc) is 3.18. The van der Waals surface area contributed by atoms with Gasteiger partial charge in [0.1, 0.15) is 5.75 Å². The van der Waals surface area contributed by atoms with Crippen LogP contribution < -0.4 is 10.1 Å². The van der Waals surface area contributed by atoms with Gasteiger partial charge in [0.05, 0.1) is 18.9 Å². The highest BCUT2D eigenvalue weighted by molar-refractivity contribution is 6.00. The molecule has 1 aromatic heterocycles. The number of hydrogen-bond acceptors (Lipinski definition) is 4. The third kappa shape index (κ3) is 3.94. The molecule has 3 rings (SSSR count). The maximum Gasteiger partial charge on any atom is 0.252 e. The number of rotatable bonds is 7. The van der Waals surface area contributed by atoms with Crippen molar-refractivity contribution in [3.05, 3.63) is 60.3 Å². The standard InChI is InChI=1S/C21H22N2O3/c1-3-4-13-22-20(24)17-7-5-6-8-18(17)21-23-14-19(26-21)15-9-11-16(25-2)12-10-15/h5-12,14H,3-4,13H2,1-2H3,(H,22,24). The Morgan fingerprint density at radius 3 is 2.65 bits per heavy atom. The van der Waals surface area contributed by atoms with Gasteiger partial charge in [-0.15, -0.1) is 0 Å². The molecule has 0 radical (unpaired) electrons. The van der Waals surface area contributed by atoms with E-state index in [1.54, 1.807) is 19.4 Å². The molecule has 3 aromatic rings. The Kier molecular flexibility index (Phi) is 5.69. The van der Waals surface area contributed by atoms with E-state index in [1.165, 1.54) is 0 Å². The highest BCUT2D eigenvalue weighted by Crippen LogP contribution is 2.29. The van der Waals surface area contributed by atoms with Crippen LogP contribution in [0.1, 0.15) is 30.1 Å². The number of nitrogens with one attached hydrogen (secondary N) is 1. The predicted octanol–water partition coefficient (Wildman–Crippen LogP) is 4.55. The molecule has 0 saturated heterocycles. The fourth-order valence-corrected chi connectivity index (χ4v) is 2.63. The van der Waals surface area contributed by atoms with Crippen molar-refractivity contribution in [3.8, 4) is 28.5 Å². The first-order chi connectivity index (χ1) is 12.7. The Hall–Kier alpha value is -3.08. The summed E-state index contributed by atoms with van der Waals surface area (Å²) in [7, 11) is 1.63. The molecular weight excluding hydrogens is 328 g/mol. The van der Waals surface area contributed by atoms with E-state index >= 15 is 0 Å². The minimum Gasteiger partial charge on any atom is -0.497 e. The van der Waals surface area contributed by atoms with Crippen molar-refractivity contribution in [3.63, 3.8) is 0 Å². The number of carbonyl (C=O) groups is 1. The molecule has 2 aromatic carbocycles. The van der Waals surface area contributed by atoms with E-state index in [2.05, 4.69) is 17.2 Å². The molecule has 0 bridgehead atoms. The average molecular weight is 350 g/mol. The molecule has 5 heteroatoms. The van der Waals surface area contributed by atoms with Crippen LogP contribution in [0.15, 0.2) is 59.1 Å². The lowest BCUT2D eigenvalue weighted by molar-refractivity contribution is 0.0953. The second-order valence-electron chi connectivity index (χ2n) is 5.91. The summed E-state index contributed by atoms with van der Waals surface area (Å²) < 4.78 is 11.1. The van der Waals surface area contributed by atoms with Crippen molar-refractivity contribution in [2.45, 2.75) is 19.8 Å². The van der Waals surface area contributed by atoms with Crippen molar-refractivity contribution < 1.29 is 13.9 Å².